The van der Waals surface area contributed by atoms with E-state index in [2.05, 4.69) is 22.6 Å². The second-order valence-electron chi connectivity index (χ2n) is 2.06. The smallest absolute Gasteiger partial charge is 0.104 e. The van der Waals surface area contributed by atoms with Gasteiger partial charge in [0.2, 0.25) is 0 Å². The van der Waals surface area contributed by atoms with Gasteiger partial charge in [0.05, 0.1) is 3.57 Å². The van der Waals surface area contributed by atoms with Crippen molar-refractivity contribution in [1.82, 2.24) is 0 Å². The fraction of sp³-hybridized carbons (Fsp3) is 0.429. The van der Waals surface area contributed by atoms with Gasteiger partial charge in [-0.05, 0) is 35.1 Å². The van der Waals surface area contributed by atoms with E-state index in [1.54, 1.807) is 6.26 Å². The van der Waals surface area contributed by atoms with E-state index in [0.717, 1.165) is 22.2 Å². The predicted molar refractivity (Wildman–Crippen MR) is 46.8 cm³/mol. The molecule has 0 bridgehead atoms. The van der Waals surface area contributed by atoms with Crippen LogP contribution >= 0.6 is 22.6 Å². The van der Waals surface area contributed by atoms with Gasteiger partial charge in [-0.3, -0.25) is 0 Å². The summed E-state index contributed by atoms with van der Waals surface area (Å²) in [5.74, 6) is 0.957. The average molecular weight is 252 g/mol. The lowest BCUT2D eigenvalue weighted by molar-refractivity contribution is 0.284. The number of aryl methyl sites for hydroxylation is 1. The molecule has 0 unspecified atom stereocenters. The first-order chi connectivity index (χ1) is 4.83. The van der Waals surface area contributed by atoms with Crippen LogP contribution < -0.4 is 0 Å². The Hall–Kier alpha value is -0.0300. The molecule has 1 aromatic rings. The first-order valence-electron chi connectivity index (χ1n) is 3.16. The molecule has 1 rings (SSSR count). The largest absolute Gasteiger partial charge is 0.468 e. The summed E-state index contributed by atoms with van der Waals surface area (Å²) in [7, 11) is 0. The topological polar surface area (TPSA) is 33.4 Å². The van der Waals surface area contributed by atoms with Crippen LogP contribution in [0.2, 0.25) is 0 Å². The van der Waals surface area contributed by atoms with Gasteiger partial charge < -0.3 is 9.52 Å². The van der Waals surface area contributed by atoms with E-state index >= 15 is 0 Å². The number of furan rings is 1. The molecule has 2 nitrogen and oxygen atoms in total. The van der Waals surface area contributed by atoms with Crippen molar-refractivity contribution in [2.45, 2.75) is 12.8 Å². The van der Waals surface area contributed by atoms with Crippen LogP contribution in [0.25, 0.3) is 0 Å². The Bertz CT molecular complexity index is 195. The number of aliphatic hydroxyl groups excluding tert-OH is 1. The second-order valence-corrected chi connectivity index (χ2v) is 3.30. The Morgan fingerprint density at radius 3 is 2.90 bits per heavy atom. The van der Waals surface area contributed by atoms with Crippen LogP contribution in [0.1, 0.15) is 12.2 Å². The van der Waals surface area contributed by atoms with Gasteiger partial charge in [0.25, 0.3) is 0 Å². The minimum absolute atomic E-state index is 0.233. The van der Waals surface area contributed by atoms with Crippen LogP contribution in [-0.4, -0.2) is 11.7 Å². The molecule has 1 aromatic heterocycles. The second kappa shape index (κ2) is 3.98. The van der Waals surface area contributed by atoms with Crippen LogP contribution in [0.4, 0.5) is 0 Å². The van der Waals surface area contributed by atoms with Gasteiger partial charge in [-0.25, -0.2) is 0 Å². The lowest BCUT2D eigenvalue weighted by Crippen LogP contribution is -1.85. The maximum absolute atomic E-state index is 8.49. The van der Waals surface area contributed by atoms with Crippen LogP contribution in [-0.2, 0) is 6.42 Å². The van der Waals surface area contributed by atoms with Gasteiger partial charge in [0.15, 0.2) is 0 Å². The molecule has 0 saturated carbocycles. The summed E-state index contributed by atoms with van der Waals surface area (Å²) in [6, 6.07) is 1.98. The highest BCUT2D eigenvalue weighted by Crippen LogP contribution is 2.11. The molecule has 1 heterocycles. The van der Waals surface area contributed by atoms with Crippen molar-refractivity contribution in [2.24, 2.45) is 0 Å². The van der Waals surface area contributed by atoms with Crippen molar-refractivity contribution < 1.29 is 9.52 Å². The van der Waals surface area contributed by atoms with Crippen LogP contribution in [0.15, 0.2) is 16.7 Å². The molecule has 10 heavy (non-hydrogen) atoms. The molecule has 56 valence electrons. The zero-order chi connectivity index (χ0) is 7.40. The molecule has 0 spiro atoms. The molecule has 0 aromatic carbocycles. The number of hydrogen-bond acceptors (Lipinski definition) is 2. The van der Waals surface area contributed by atoms with Crippen molar-refractivity contribution in [3.8, 4) is 0 Å². The summed E-state index contributed by atoms with van der Waals surface area (Å²) in [6.07, 6.45) is 3.33. The quantitative estimate of drug-likeness (QED) is 0.832. The average Bonchev–Trinajstić information content (AvgIpc) is 2.31. The summed E-state index contributed by atoms with van der Waals surface area (Å²) >= 11 is 2.20. The van der Waals surface area contributed by atoms with Crippen LogP contribution in [0, 0.1) is 3.57 Å². The van der Waals surface area contributed by atoms with E-state index in [4.69, 9.17) is 9.52 Å². The molecule has 0 aliphatic rings. The Labute approximate surface area is 73.4 Å². The molecule has 0 saturated heterocycles. The highest BCUT2D eigenvalue weighted by Gasteiger charge is 1.97. The third-order valence-corrected chi connectivity index (χ3v) is 1.77. The molecule has 3 heteroatoms. The SMILES string of the molecule is OCCCc1cc(I)co1. The normalized spacial score (nSPS) is 10.2. The summed E-state index contributed by atoms with van der Waals surface area (Å²) < 4.78 is 6.26. The van der Waals surface area contributed by atoms with Gasteiger partial charge in [-0.1, -0.05) is 0 Å². The summed E-state index contributed by atoms with van der Waals surface area (Å²) in [6.45, 7) is 0.233. The molecular formula is C7H9IO2. The number of rotatable bonds is 3. The van der Waals surface area contributed by atoms with Crippen molar-refractivity contribution in [2.75, 3.05) is 6.61 Å². The van der Waals surface area contributed by atoms with E-state index in [1.165, 1.54) is 0 Å². The number of hydrogen-bond donors (Lipinski definition) is 1. The molecule has 0 atom stereocenters. The summed E-state index contributed by atoms with van der Waals surface area (Å²) in [5.41, 5.74) is 0. The molecular weight excluding hydrogens is 243 g/mol. The maximum atomic E-state index is 8.49. The fourth-order valence-corrected chi connectivity index (χ4v) is 1.21. The fourth-order valence-electron chi connectivity index (χ4n) is 0.738. The van der Waals surface area contributed by atoms with Crippen LogP contribution in [0.5, 0.6) is 0 Å². The minimum atomic E-state index is 0.233. The van der Waals surface area contributed by atoms with E-state index < -0.39 is 0 Å². The van der Waals surface area contributed by atoms with Crippen molar-refractivity contribution >= 4 is 22.6 Å². The van der Waals surface area contributed by atoms with Crippen molar-refractivity contribution in [1.29, 1.82) is 0 Å². The monoisotopic (exact) mass is 252 g/mol. The highest BCUT2D eigenvalue weighted by atomic mass is 127. The van der Waals surface area contributed by atoms with Crippen molar-refractivity contribution in [3.63, 3.8) is 0 Å². The molecule has 0 amide bonds. The highest BCUT2D eigenvalue weighted by molar-refractivity contribution is 14.1. The zero-order valence-electron chi connectivity index (χ0n) is 5.51. The molecule has 0 aliphatic heterocycles. The number of aliphatic hydroxyl groups is 1. The predicted octanol–water partition coefficient (Wildman–Crippen LogP) is 1.81. The lowest BCUT2D eigenvalue weighted by Gasteiger charge is -1.89. The standard InChI is InChI=1S/C7H9IO2/c8-6-4-7(10-5-6)2-1-3-9/h4-5,9H,1-3H2. The van der Waals surface area contributed by atoms with E-state index in [0.29, 0.717) is 0 Å². The summed E-state index contributed by atoms with van der Waals surface area (Å²) in [4.78, 5) is 0. The van der Waals surface area contributed by atoms with Gasteiger partial charge in [0, 0.05) is 13.0 Å². The Balaban J connectivity index is 2.42. The summed E-state index contributed by atoms with van der Waals surface area (Å²) in [5, 5.41) is 8.49. The van der Waals surface area contributed by atoms with Gasteiger partial charge >= 0.3 is 0 Å². The first-order valence-corrected chi connectivity index (χ1v) is 4.24. The van der Waals surface area contributed by atoms with Crippen LogP contribution in [0.3, 0.4) is 0 Å². The molecule has 0 fully saturated rings. The lowest BCUT2D eigenvalue weighted by atomic mass is 10.3. The van der Waals surface area contributed by atoms with E-state index in [-0.39, 0.29) is 6.61 Å². The zero-order valence-corrected chi connectivity index (χ0v) is 7.67. The third kappa shape index (κ3) is 2.30. The number of halogens is 1. The van der Waals surface area contributed by atoms with Gasteiger partial charge in [-0.15, -0.1) is 0 Å². The Morgan fingerprint density at radius 1 is 1.60 bits per heavy atom. The first kappa shape index (κ1) is 8.07. The maximum Gasteiger partial charge on any atom is 0.104 e. The molecule has 0 radical (unpaired) electrons. The Kier molecular flexibility index (Phi) is 3.21. The van der Waals surface area contributed by atoms with Gasteiger partial charge in [-0.2, -0.15) is 0 Å². The molecule has 1 N–H and O–H groups in total. The minimum Gasteiger partial charge on any atom is -0.468 e. The van der Waals surface area contributed by atoms with Gasteiger partial charge in [0.1, 0.15) is 12.0 Å². The van der Waals surface area contributed by atoms with E-state index in [9.17, 15) is 0 Å². The third-order valence-electron chi connectivity index (χ3n) is 1.20. The van der Waals surface area contributed by atoms with E-state index in [1.807, 2.05) is 6.07 Å². The Morgan fingerprint density at radius 2 is 2.40 bits per heavy atom. The molecule has 0 aliphatic carbocycles. The van der Waals surface area contributed by atoms with Crippen molar-refractivity contribution in [3.05, 3.63) is 21.7 Å².